The van der Waals surface area contributed by atoms with E-state index in [9.17, 15) is 4.79 Å². The lowest BCUT2D eigenvalue weighted by Crippen LogP contribution is -2.48. The topological polar surface area (TPSA) is 23.6 Å². The van der Waals surface area contributed by atoms with Gasteiger partial charge in [-0.2, -0.15) is 0 Å². The number of hydrogen-bond donors (Lipinski definition) is 0. The summed E-state index contributed by atoms with van der Waals surface area (Å²) >= 11 is 1.74. The van der Waals surface area contributed by atoms with Crippen molar-refractivity contribution in [2.45, 2.75) is 39.5 Å². The molecular weight excluding hydrogens is 340 g/mol. The predicted octanol–water partition coefficient (Wildman–Crippen LogP) is 4.53. The van der Waals surface area contributed by atoms with Crippen LogP contribution in [-0.2, 0) is 12.8 Å². The molecule has 2 heterocycles. The normalized spacial score (nSPS) is 20.2. The zero-order valence-electron chi connectivity index (χ0n) is 15.8. The molecule has 1 fully saturated rings. The number of benzene rings is 1. The number of hydrogen-bond acceptors (Lipinski definition) is 3. The molecule has 0 bridgehead atoms. The number of rotatable bonds is 3. The van der Waals surface area contributed by atoms with E-state index in [1.165, 1.54) is 34.5 Å². The van der Waals surface area contributed by atoms with E-state index in [-0.39, 0.29) is 5.91 Å². The van der Waals surface area contributed by atoms with Gasteiger partial charge in [0.05, 0.1) is 4.88 Å². The molecule has 4 heteroatoms. The first-order valence-electron chi connectivity index (χ1n) is 9.86. The summed E-state index contributed by atoms with van der Waals surface area (Å²) < 4.78 is 0. The first-order valence-corrected chi connectivity index (χ1v) is 10.7. The van der Waals surface area contributed by atoms with Gasteiger partial charge in [-0.3, -0.25) is 4.79 Å². The molecule has 4 rings (SSSR count). The summed E-state index contributed by atoms with van der Waals surface area (Å²) in [4.78, 5) is 19.8. The summed E-state index contributed by atoms with van der Waals surface area (Å²) in [6.07, 6.45) is 4.86. The second-order valence-corrected chi connectivity index (χ2v) is 8.83. The van der Waals surface area contributed by atoms with Gasteiger partial charge in [-0.25, -0.2) is 0 Å². The molecule has 1 amide bonds. The number of fused-ring (bicyclic) bond motifs is 1. The van der Waals surface area contributed by atoms with E-state index in [1.807, 2.05) is 4.90 Å². The molecule has 0 radical (unpaired) electrons. The first-order chi connectivity index (χ1) is 12.6. The van der Waals surface area contributed by atoms with Crippen LogP contribution in [-0.4, -0.2) is 37.0 Å². The average molecular weight is 369 g/mol. The molecule has 0 spiro atoms. The molecule has 1 aromatic carbocycles. The van der Waals surface area contributed by atoms with Gasteiger partial charge >= 0.3 is 0 Å². The molecule has 0 unspecified atom stereocenters. The first kappa shape index (κ1) is 17.6. The van der Waals surface area contributed by atoms with E-state index in [0.29, 0.717) is 0 Å². The number of aryl methyl sites for hydroxylation is 2. The Balaban J connectivity index is 1.40. The van der Waals surface area contributed by atoms with Crippen molar-refractivity contribution in [1.29, 1.82) is 0 Å². The van der Waals surface area contributed by atoms with Crippen molar-refractivity contribution in [3.8, 4) is 0 Å². The van der Waals surface area contributed by atoms with Gasteiger partial charge in [-0.15, -0.1) is 11.3 Å². The van der Waals surface area contributed by atoms with Crippen molar-refractivity contribution in [2.75, 3.05) is 31.1 Å². The van der Waals surface area contributed by atoms with Crippen LogP contribution in [0.25, 0.3) is 0 Å². The van der Waals surface area contributed by atoms with E-state index in [0.717, 1.165) is 49.8 Å². The Hall–Kier alpha value is -1.81. The van der Waals surface area contributed by atoms with Crippen LogP contribution in [0.15, 0.2) is 30.3 Å². The molecule has 1 saturated heterocycles. The molecule has 2 aliphatic rings. The fraction of sp³-hybridized carbons (Fsp3) is 0.500. The second kappa shape index (κ2) is 7.43. The molecule has 1 aromatic heterocycles. The molecule has 1 aliphatic heterocycles. The van der Waals surface area contributed by atoms with Gasteiger partial charge in [0.2, 0.25) is 0 Å². The van der Waals surface area contributed by atoms with E-state index >= 15 is 0 Å². The lowest BCUT2D eigenvalue weighted by atomic mass is 9.87. The SMILES string of the molecule is CC[C@@H]1CCc2sc(C(=O)N3CCN(c4cccc(C)c4)CC3)cc2C1. The molecule has 0 saturated carbocycles. The standard InChI is InChI=1S/C22H28N2OS/c1-3-17-7-8-20-18(14-17)15-21(26-20)22(25)24-11-9-23(10-12-24)19-6-4-5-16(2)13-19/h4-6,13,15,17H,3,7-12,14H2,1-2H3/t17-/m1/s1. The summed E-state index contributed by atoms with van der Waals surface area (Å²) in [6, 6.07) is 10.8. The Bertz CT molecular complexity index is 789. The Morgan fingerprint density at radius 2 is 2.00 bits per heavy atom. The monoisotopic (exact) mass is 368 g/mol. The van der Waals surface area contributed by atoms with Gasteiger partial charge < -0.3 is 9.80 Å². The van der Waals surface area contributed by atoms with Gasteiger partial charge in [0.25, 0.3) is 5.91 Å². The fourth-order valence-corrected chi connectivity index (χ4v) is 5.38. The van der Waals surface area contributed by atoms with Gasteiger partial charge in [0.15, 0.2) is 0 Å². The Morgan fingerprint density at radius 1 is 1.19 bits per heavy atom. The second-order valence-electron chi connectivity index (χ2n) is 7.69. The van der Waals surface area contributed by atoms with Gasteiger partial charge in [-0.1, -0.05) is 25.5 Å². The maximum atomic E-state index is 13.0. The number of carbonyl (C=O) groups is 1. The number of carbonyl (C=O) groups excluding carboxylic acids is 1. The van der Waals surface area contributed by atoms with Crippen molar-refractivity contribution < 1.29 is 4.79 Å². The van der Waals surface area contributed by atoms with E-state index in [2.05, 4.69) is 49.1 Å². The number of anilines is 1. The lowest BCUT2D eigenvalue weighted by molar-refractivity contribution is 0.0751. The quantitative estimate of drug-likeness (QED) is 0.794. The number of thiophene rings is 1. The number of piperazine rings is 1. The van der Waals surface area contributed by atoms with Crippen LogP contribution in [0.3, 0.4) is 0 Å². The highest BCUT2D eigenvalue weighted by atomic mass is 32.1. The van der Waals surface area contributed by atoms with Crippen LogP contribution in [0, 0.1) is 12.8 Å². The molecule has 0 N–H and O–H groups in total. The van der Waals surface area contributed by atoms with Crippen molar-refractivity contribution in [3.63, 3.8) is 0 Å². The van der Waals surface area contributed by atoms with Crippen molar-refractivity contribution in [3.05, 3.63) is 51.2 Å². The molecule has 3 nitrogen and oxygen atoms in total. The van der Waals surface area contributed by atoms with Crippen LogP contribution in [0.2, 0.25) is 0 Å². The lowest BCUT2D eigenvalue weighted by Gasteiger charge is -2.36. The van der Waals surface area contributed by atoms with Gasteiger partial charge in [-0.05, 0) is 61.4 Å². The minimum atomic E-state index is 0.237. The molecule has 2 aromatic rings. The number of amides is 1. The summed E-state index contributed by atoms with van der Waals surface area (Å²) in [6.45, 7) is 7.86. The van der Waals surface area contributed by atoms with Crippen LogP contribution < -0.4 is 4.90 Å². The minimum absolute atomic E-state index is 0.237. The molecule has 1 aliphatic carbocycles. The Morgan fingerprint density at radius 3 is 2.73 bits per heavy atom. The van der Waals surface area contributed by atoms with Crippen molar-refractivity contribution in [1.82, 2.24) is 4.90 Å². The molecular formula is C22H28N2OS. The third-order valence-electron chi connectivity index (χ3n) is 5.91. The summed E-state index contributed by atoms with van der Waals surface area (Å²) in [5.41, 5.74) is 4.00. The minimum Gasteiger partial charge on any atom is -0.368 e. The van der Waals surface area contributed by atoms with Crippen LogP contribution >= 0.6 is 11.3 Å². The summed E-state index contributed by atoms with van der Waals surface area (Å²) in [5.74, 6) is 1.04. The predicted molar refractivity (Wildman–Crippen MR) is 109 cm³/mol. The van der Waals surface area contributed by atoms with E-state index in [1.54, 1.807) is 11.3 Å². The fourth-order valence-electron chi connectivity index (χ4n) is 4.20. The highest BCUT2D eigenvalue weighted by molar-refractivity contribution is 7.14. The maximum Gasteiger partial charge on any atom is 0.264 e. The molecule has 1 atom stereocenters. The highest BCUT2D eigenvalue weighted by Crippen LogP contribution is 2.34. The highest BCUT2D eigenvalue weighted by Gasteiger charge is 2.26. The summed E-state index contributed by atoms with van der Waals surface area (Å²) in [5, 5.41) is 0. The third kappa shape index (κ3) is 3.52. The zero-order chi connectivity index (χ0) is 18.1. The maximum absolute atomic E-state index is 13.0. The molecule has 26 heavy (non-hydrogen) atoms. The van der Waals surface area contributed by atoms with Crippen LogP contribution in [0.5, 0.6) is 0 Å². The Kier molecular flexibility index (Phi) is 5.03. The largest absolute Gasteiger partial charge is 0.368 e. The number of nitrogens with zero attached hydrogens (tertiary/aromatic N) is 2. The Labute approximate surface area is 160 Å². The zero-order valence-corrected chi connectivity index (χ0v) is 16.6. The van der Waals surface area contributed by atoms with E-state index < -0.39 is 0 Å². The van der Waals surface area contributed by atoms with Gasteiger partial charge in [0.1, 0.15) is 0 Å². The third-order valence-corrected chi connectivity index (χ3v) is 7.13. The van der Waals surface area contributed by atoms with Crippen LogP contribution in [0.4, 0.5) is 5.69 Å². The molecule has 138 valence electrons. The van der Waals surface area contributed by atoms with Crippen molar-refractivity contribution >= 4 is 22.9 Å². The summed E-state index contributed by atoms with van der Waals surface area (Å²) in [7, 11) is 0. The van der Waals surface area contributed by atoms with Gasteiger partial charge in [0, 0.05) is 36.7 Å². The van der Waals surface area contributed by atoms with Crippen molar-refractivity contribution in [2.24, 2.45) is 5.92 Å². The van der Waals surface area contributed by atoms with Crippen LogP contribution in [0.1, 0.15) is 45.4 Å². The van der Waals surface area contributed by atoms with E-state index in [4.69, 9.17) is 0 Å². The average Bonchev–Trinajstić information content (AvgIpc) is 3.10. The smallest absolute Gasteiger partial charge is 0.264 e.